The number of nitrogens with two attached hydrogens (primary N) is 2. The highest BCUT2D eigenvalue weighted by Gasteiger charge is 2.17. The molecule has 1 aromatic carbocycles. The Morgan fingerprint density at radius 2 is 2.18 bits per heavy atom. The molecule has 1 aliphatic heterocycles. The van der Waals surface area contributed by atoms with Crippen LogP contribution in [-0.2, 0) is 16.0 Å². The highest BCUT2D eigenvalue weighted by atomic mass is 16.2. The highest BCUT2D eigenvalue weighted by Crippen LogP contribution is 2.26. The van der Waals surface area contributed by atoms with Crippen molar-refractivity contribution in [3.8, 4) is 0 Å². The van der Waals surface area contributed by atoms with Gasteiger partial charge in [0.2, 0.25) is 11.8 Å². The van der Waals surface area contributed by atoms with Gasteiger partial charge < -0.3 is 16.8 Å². The summed E-state index contributed by atoms with van der Waals surface area (Å²) < 4.78 is 0. The number of rotatable bonds is 3. The van der Waals surface area contributed by atoms with Gasteiger partial charge >= 0.3 is 0 Å². The molecule has 0 fully saturated rings. The first-order valence-electron chi connectivity index (χ1n) is 5.53. The Morgan fingerprint density at radius 3 is 2.88 bits per heavy atom. The molecule has 0 spiro atoms. The molecule has 0 saturated carbocycles. The van der Waals surface area contributed by atoms with Gasteiger partial charge in [-0.2, -0.15) is 0 Å². The number of hydrogen-bond donors (Lipinski definition) is 3. The Kier molecular flexibility index (Phi) is 3.10. The summed E-state index contributed by atoms with van der Waals surface area (Å²) in [5, 5.41) is 2.80. The van der Waals surface area contributed by atoms with E-state index in [1.807, 2.05) is 18.2 Å². The van der Waals surface area contributed by atoms with Crippen LogP contribution in [0.15, 0.2) is 18.2 Å². The first kappa shape index (κ1) is 11.6. The van der Waals surface area contributed by atoms with Crippen molar-refractivity contribution in [2.24, 2.45) is 11.5 Å². The van der Waals surface area contributed by atoms with E-state index in [1.165, 1.54) is 0 Å². The molecule has 0 radical (unpaired) electrons. The van der Waals surface area contributed by atoms with Gasteiger partial charge in [-0.25, -0.2) is 0 Å². The lowest BCUT2D eigenvalue weighted by Gasteiger charge is -2.19. The van der Waals surface area contributed by atoms with Crippen molar-refractivity contribution < 1.29 is 9.59 Å². The topological polar surface area (TPSA) is 98.2 Å². The van der Waals surface area contributed by atoms with Crippen LogP contribution >= 0.6 is 0 Å². The number of anilines is 1. The molecule has 1 aromatic rings. The van der Waals surface area contributed by atoms with Crippen LogP contribution in [0.2, 0.25) is 0 Å². The van der Waals surface area contributed by atoms with Gasteiger partial charge in [-0.15, -0.1) is 0 Å². The Bertz CT molecular complexity index is 471. The van der Waals surface area contributed by atoms with Crippen LogP contribution in [-0.4, -0.2) is 11.8 Å². The fourth-order valence-electron chi connectivity index (χ4n) is 1.97. The second-order valence-electron chi connectivity index (χ2n) is 4.24. The third kappa shape index (κ3) is 2.62. The minimum absolute atomic E-state index is 0.0340. The van der Waals surface area contributed by atoms with Crippen molar-refractivity contribution in [2.45, 2.75) is 25.3 Å². The number of nitrogens with one attached hydrogen (secondary N) is 1. The fraction of sp³-hybridized carbons (Fsp3) is 0.333. The number of aryl methyl sites for hydroxylation is 1. The van der Waals surface area contributed by atoms with Crippen LogP contribution in [0, 0.1) is 0 Å². The highest BCUT2D eigenvalue weighted by molar-refractivity contribution is 5.93. The molecule has 0 saturated heterocycles. The molecule has 1 aliphatic rings. The van der Waals surface area contributed by atoms with Crippen LogP contribution in [0.5, 0.6) is 0 Å². The quantitative estimate of drug-likeness (QED) is 0.706. The standard InChI is InChI=1S/C12H15N3O2/c13-9(6-11(14)16)7-1-3-10-8(5-7)2-4-12(17)15-10/h1,3,5,9H,2,4,6,13H2,(H2,14,16)(H,15,17). The SMILES string of the molecule is NC(=O)CC(N)c1ccc2c(c1)CCC(=O)N2. The normalized spacial score (nSPS) is 15.9. The lowest BCUT2D eigenvalue weighted by molar-refractivity contribution is -0.118. The van der Waals surface area contributed by atoms with Crippen molar-refractivity contribution in [3.63, 3.8) is 0 Å². The lowest BCUT2D eigenvalue weighted by atomic mass is 9.96. The van der Waals surface area contributed by atoms with Gasteiger partial charge in [0.1, 0.15) is 0 Å². The molecule has 5 heteroatoms. The number of benzene rings is 1. The molecule has 5 N–H and O–H groups in total. The molecule has 0 bridgehead atoms. The van der Waals surface area contributed by atoms with Crippen molar-refractivity contribution in [2.75, 3.05) is 5.32 Å². The number of carbonyl (C=O) groups excluding carboxylic acids is 2. The Morgan fingerprint density at radius 1 is 1.41 bits per heavy atom. The number of primary amides is 1. The van der Waals surface area contributed by atoms with E-state index in [2.05, 4.69) is 5.32 Å². The third-order valence-corrected chi connectivity index (χ3v) is 2.87. The molecule has 1 atom stereocenters. The van der Waals surface area contributed by atoms with Crippen molar-refractivity contribution in [1.29, 1.82) is 0 Å². The largest absolute Gasteiger partial charge is 0.370 e. The van der Waals surface area contributed by atoms with Gasteiger partial charge in [0, 0.05) is 24.6 Å². The molecule has 2 rings (SSSR count). The number of fused-ring (bicyclic) bond motifs is 1. The molecular weight excluding hydrogens is 218 g/mol. The van der Waals surface area contributed by atoms with E-state index in [1.54, 1.807) is 0 Å². The number of carbonyl (C=O) groups is 2. The lowest BCUT2D eigenvalue weighted by Crippen LogP contribution is -2.22. The number of amides is 2. The Labute approximate surface area is 99.2 Å². The summed E-state index contributed by atoms with van der Waals surface area (Å²) in [6.07, 6.45) is 1.32. The van der Waals surface area contributed by atoms with Crippen LogP contribution in [0.3, 0.4) is 0 Å². The maximum absolute atomic E-state index is 11.2. The first-order valence-corrected chi connectivity index (χ1v) is 5.53. The van der Waals surface area contributed by atoms with Gasteiger partial charge in [-0.05, 0) is 23.6 Å². The molecule has 1 unspecified atom stereocenters. The molecular formula is C12H15N3O2. The summed E-state index contributed by atoms with van der Waals surface area (Å²) in [4.78, 5) is 22.0. The van der Waals surface area contributed by atoms with Crippen LogP contribution < -0.4 is 16.8 Å². The zero-order chi connectivity index (χ0) is 12.4. The summed E-state index contributed by atoms with van der Waals surface area (Å²) in [5.74, 6) is -0.379. The zero-order valence-electron chi connectivity index (χ0n) is 9.40. The first-order chi connectivity index (χ1) is 8.06. The smallest absolute Gasteiger partial charge is 0.224 e. The minimum atomic E-state index is -0.413. The second kappa shape index (κ2) is 4.55. The average molecular weight is 233 g/mol. The van der Waals surface area contributed by atoms with Crippen LogP contribution in [0.25, 0.3) is 0 Å². The van der Waals surface area contributed by atoms with E-state index >= 15 is 0 Å². The maximum Gasteiger partial charge on any atom is 0.224 e. The molecule has 2 amide bonds. The van der Waals surface area contributed by atoms with Gasteiger partial charge in [-0.1, -0.05) is 12.1 Å². The number of hydrogen-bond acceptors (Lipinski definition) is 3. The summed E-state index contributed by atoms with van der Waals surface area (Å²) in [5.41, 5.74) is 13.7. The van der Waals surface area contributed by atoms with E-state index in [-0.39, 0.29) is 18.4 Å². The van der Waals surface area contributed by atoms with Crippen LogP contribution in [0.1, 0.15) is 30.0 Å². The van der Waals surface area contributed by atoms with Gasteiger partial charge in [0.25, 0.3) is 0 Å². The molecule has 0 aliphatic carbocycles. The summed E-state index contributed by atoms with van der Waals surface area (Å²) in [6.45, 7) is 0. The molecule has 0 aromatic heterocycles. The summed E-state index contributed by atoms with van der Waals surface area (Å²) in [7, 11) is 0. The Balaban J connectivity index is 2.21. The van der Waals surface area contributed by atoms with E-state index in [0.717, 1.165) is 16.8 Å². The second-order valence-corrected chi connectivity index (χ2v) is 4.24. The molecule has 17 heavy (non-hydrogen) atoms. The third-order valence-electron chi connectivity index (χ3n) is 2.87. The molecule has 1 heterocycles. The maximum atomic E-state index is 11.2. The van der Waals surface area contributed by atoms with E-state index in [0.29, 0.717) is 12.8 Å². The predicted octanol–water partition coefficient (Wildman–Crippen LogP) is 0.446. The van der Waals surface area contributed by atoms with Gasteiger partial charge in [0.15, 0.2) is 0 Å². The predicted molar refractivity (Wildman–Crippen MR) is 64.1 cm³/mol. The van der Waals surface area contributed by atoms with Crippen molar-refractivity contribution in [3.05, 3.63) is 29.3 Å². The van der Waals surface area contributed by atoms with E-state index < -0.39 is 5.91 Å². The minimum Gasteiger partial charge on any atom is -0.370 e. The van der Waals surface area contributed by atoms with Gasteiger partial charge in [0.05, 0.1) is 0 Å². The zero-order valence-corrected chi connectivity index (χ0v) is 9.40. The molecule has 90 valence electrons. The fourth-order valence-corrected chi connectivity index (χ4v) is 1.97. The summed E-state index contributed by atoms with van der Waals surface area (Å²) >= 11 is 0. The van der Waals surface area contributed by atoms with E-state index in [4.69, 9.17) is 11.5 Å². The van der Waals surface area contributed by atoms with Crippen molar-refractivity contribution in [1.82, 2.24) is 0 Å². The van der Waals surface area contributed by atoms with Gasteiger partial charge in [-0.3, -0.25) is 9.59 Å². The Hall–Kier alpha value is -1.88. The van der Waals surface area contributed by atoms with Crippen LogP contribution in [0.4, 0.5) is 5.69 Å². The van der Waals surface area contributed by atoms with E-state index in [9.17, 15) is 9.59 Å². The monoisotopic (exact) mass is 233 g/mol. The molecule has 5 nitrogen and oxygen atoms in total. The van der Waals surface area contributed by atoms with Crippen molar-refractivity contribution >= 4 is 17.5 Å². The summed E-state index contributed by atoms with van der Waals surface area (Å²) in [6, 6.07) is 5.19. The average Bonchev–Trinajstić information content (AvgIpc) is 2.27.